The van der Waals surface area contributed by atoms with Crippen molar-refractivity contribution in [3.05, 3.63) is 88.1 Å². The SMILES string of the molecule is Cn1ccnc1C(=O)c1ccc(N2CCC(c3c[nH]c4ccccc34)CC2)c([N+](=O)[O-])c1. The summed E-state index contributed by atoms with van der Waals surface area (Å²) in [7, 11) is 1.72. The van der Waals surface area contributed by atoms with Crippen molar-refractivity contribution >= 4 is 28.1 Å². The number of hydrogen-bond donors (Lipinski definition) is 1. The van der Waals surface area contributed by atoms with Gasteiger partial charge in [-0.1, -0.05) is 18.2 Å². The fraction of sp³-hybridized carbons (Fsp3) is 0.250. The average molecular weight is 429 g/mol. The fourth-order valence-electron chi connectivity index (χ4n) is 4.65. The normalized spacial score (nSPS) is 14.7. The van der Waals surface area contributed by atoms with Crippen LogP contribution in [0.3, 0.4) is 0 Å². The van der Waals surface area contributed by atoms with Crippen LogP contribution in [0.25, 0.3) is 10.9 Å². The summed E-state index contributed by atoms with van der Waals surface area (Å²) in [5, 5.41) is 13.1. The second-order valence-corrected chi connectivity index (χ2v) is 8.20. The van der Waals surface area contributed by atoms with E-state index in [0.717, 1.165) is 31.4 Å². The molecule has 32 heavy (non-hydrogen) atoms. The predicted molar refractivity (Wildman–Crippen MR) is 122 cm³/mol. The minimum absolute atomic E-state index is 0.0457. The number of carbonyl (C=O) groups is 1. The monoisotopic (exact) mass is 429 g/mol. The number of rotatable bonds is 5. The number of nitro benzene ring substituents is 1. The van der Waals surface area contributed by atoms with Gasteiger partial charge in [0, 0.05) is 61.3 Å². The van der Waals surface area contributed by atoms with E-state index in [1.54, 1.807) is 29.9 Å². The van der Waals surface area contributed by atoms with Gasteiger partial charge in [0.1, 0.15) is 5.69 Å². The number of hydrogen-bond acceptors (Lipinski definition) is 5. The minimum Gasteiger partial charge on any atom is -0.366 e. The lowest BCUT2D eigenvalue weighted by Crippen LogP contribution is -2.33. The van der Waals surface area contributed by atoms with Gasteiger partial charge in [-0.15, -0.1) is 0 Å². The summed E-state index contributed by atoms with van der Waals surface area (Å²) < 4.78 is 1.61. The van der Waals surface area contributed by atoms with Crippen molar-refractivity contribution in [2.24, 2.45) is 7.05 Å². The van der Waals surface area contributed by atoms with Gasteiger partial charge in [0.25, 0.3) is 5.69 Å². The Balaban J connectivity index is 1.38. The molecule has 1 aliphatic heterocycles. The van der Waals surface area contributed by atoms with Gasteiger partial charge < -0.3 is 14.5 Å². The van der Waals surface area contributed by atoms with Crippen LogP contribution in [0.5, 0.6) is 0 Å². The van der Waals surface area contributed by atoms with Crippen LogP contribution in [-0.4, -0.2) is 38.3 Å². The number of imidazole rings is 1. The maximum Gasteiger partial charge on any atom is 0.293 e. The lowest BCUT2D eigenvalue weighted by molar-refractivity contribution is -0.384. The van der Waals surface area contributed by atoms with Crippen LogP contribution in [-0.2, 0) is 7.05 Å². The van der Waals surface area contributed by atoms with Gasteiger partial charge >= 0.3 is 0 Å². The first-order chi connectivity index (χ1) is 15.5. The Hall–Kier alpha value is -3.94. The highest BCUT2D eigenvalue weighted by atomic mass is 16.6. The molecular weight excluding hydrogens is 406 g/mol. The van der Waals surface area contributed by atoms with Crippen LogP contribution in [0.1, 0.15) is 40.5 Å². The van der Waals surface area contributed by atoms with E-state index >= 15 is 0 Å². The first-order valence-corrected chi connectivity index (χ1v) is 10.6. The van der Waals surface area contributed by atoms with Crippen molar-refractivity contribution in [2.45, 2.75) is 18.8 Å². The third kappa shape index (κ3) is 3.43. The molecule has 8 heteroatoms. The van der Waals surface area contributed by atoms with Crippen molar-refractivity contribution in [3.63, 3.8) is 0 Å². The topological polar surface area (TPSA) is 97.1 Å². The van der Waals surface area contributed by atoms with Crippen molar-refractivity contribution in [2.75, 3.05) is 18.0 Å². The molecule has 0 amide bonds. The van der Waals surface area contributed by atoms with Crippen LogP contribution in [0, 0.1) is 10.1 Å². The molecule has 0 radical (unpaired) electrons. The molecule has 1 saturated heterocycles. The highest BCUT2D eigenvalue weighted by Gasteiger charge is 2.28. The number of anilines is 1. The Morgan fingerprint density at radius 3 is 2.69 bits per heavy atom. The molecule has 3 heterocycles. The molecule has 2 aromatic carbocycles. The lowest BCUT2D eigenvalue weighted by atomic mass is 9.89. The van der Waals surface area contributed by atoms with E-state index in [1.165, 1.54) is 23.2 Å². The largest absolute Gasteiger partial charge is 0.366 e. The molecule has 0 unspecified atom stereocenters. The number of fused-ring (bicyclic) bond motifs is 1. The van der Waals surface area contributed by atoms with Gasteiger partial charge in [0.2, 0.25) is 5.78 Å². The average Bonchev–Trinajstić information content (AvgIpc) is 3.44. The highest BCUT2D eigenvalue weighted by molar-refractivity contribution is 6.07. The van der Waals surface area contributed by atoms with Crippen LogP contribution >= 0.6 is 0 Å². The van der Waals surface area contributed by atoms with E-state index in [4.69, 9.17) is 0 Å². The van der Waals surface area contributed by atoms with Gasteiger partial charge in [-0.05, 0) is 42.5 Å². The molecule has 8 nitrogen and oxygen atoms in total. The van der Waals surface area contributed by atoms with Gasteiger partial charge in [-0.3, -0.25) is 14.9 Å². The fourth-order valence-corrected chi connectivity index (χ4v) is 4.65. The number of nitro groups is 1. The van der Waals surface area contributed by atoms with Crippen molar-refractivity contribution in [1.82, 2.24) is 14.5 Å². The van der Waals surface area contributed by atoms with Crippen LogP contribution in [0.15, 0.2) is 61.1 Å². The number of nitrogens with one attached hydrogen (secondary N) is 1. The first kappa shape index (κ1) is 20.0. The van der Waals surface area contributed by atoms with Gasteiger partial charge in [0.15, 0.2) is 5.82 Å². The molecule has 1 fully saturated rings. The predicted octanol–water partition coefficient (Wildman–Crippen LogP) is 4.42. The second kappa shape index (κ2) is 7.96. The van der Waals surface area contributed by atoms with Gasteiger partial charge in [-0.25, -0.2) is 4.98 Å². The number of aromatic nitrogens is 3. The molecular formula is C24H23N5O3. The van der Waals surface area contributed by atoms with Crippen LogP contribution in [0.2, 0.25) is 0 Å². The second-order valence-electron chi connectivity index (χ2n) is 8.20. The molecule has 162 valence electrons. The number of benzene rings is 2. The number of ketones is 1. The number of H-pyrrole nitrogens is 1. The van der Waals surface area contributed by atoms with E-state index < -0.39 is 4.92 Å². The first-order valence-electron chi connectivity index (χ1n) is 10.6. The summed E-state index contributed by atoms with van der Waals surface area (Å²) in [6.07, 6.45) is 7.12. The zero-order chi connectivity index (χ0) is 22.2. The highest BCUT2D eigenvalue weighted by Crippen LogP contribution is 2.37. The zero-order valence-electron chi connectivity index (χ0n) is 17.7. The standard InChI is InChI=1S/C24H23N5O3/c1-27-13-10-25-24(27)23(30)17-6-7-21(22(14-17)29(31)32)28-11-8-16(9-12-28)19-15-26-20-5-3-2-4-18(19)20/h2-7,10,13-16,26H,8-9,11-12H2,1H3. The third-order valence-electron chi connectivity index (χ3n) is 6.36. The van der Waals surface area contributed by atoms with Crippen LogP contribution in [0.4, 0.5) is 11.4 Å². The van der Waals surface area contributed by atoms with E-state index in [1.807, 2.05) is 12.1 Å². The number of para-hydroxylation sites is 1. The number of piperidine rings is 1. The zero-order valence-corrected chi connectivity index (χ0v) is 17.7. The molecule has 0 spiro atoms. The Labute approximate surface area is 184 Å². The summed E-state index contributed by atoms with van der Waals surface area (Å²) in [5.41, 5.74) is 3.22. The summed E-state index contributed by atoms with van der Waals surface area (Å²) in [6, 6.07) is 13.0. The smallest absolute Gasteiger partial charge is 0.293 e. The van der Waals surface area contributed by atoms with Crippen molar-refractivity contribution in [3.8, 4) is 0 Å². The maximum atomic E-state index is 12.7. The van der Waals surface area contributed by atoms with E-state index in [2.05, 4.69) is 33.2 Å². The van der Waals surface area contributed by atoms with E-state index in [9.17, 15) is 14.9 Å². The van der Waals surface area contributed by atoms with Crippen LogP contribution < -0.4 is 4.90 Å². The van der Waals surface area contributed by atoms with E-state index in [0.29, 0.717) is 11.6 Å². The lowest BCUT2D eigenvalue weighted by Gasteiger charge is -2.33. The third-order valence-corrected chi connectivity index (χ3v) is 6.36. The molecule has 0 aliphatic carbocycles. The molecule has 0 saturated carbocycles. The molecule has 0 atom stereocenters. The number of aromatic amines is 1. The molecule has 5 rings (SSSR count). The number of carbonyl (C=O) groups excluding carboxylic acids is 1. The summed E-state index contributed by atoms with van der Waals surface area (Å²) >= 11 is 0. The Kier molecular flexibility index (Phi) is 4.97. The molecule has 4 aromatic rings. The van der Waals surface area contributed by atoms with Crippen molar-refractivity contribution in [1.29, 1.82) is 0 Å². The molecule has 0 bridgehead atoms. The molecule has 1 N–H and O–H groups in total. The Morgan fingerprint density at radius 2 is 1.97 bits per heavy atom. The van der Waals surface area contributed by atoms with Crippen molar-refractivity contribution < 1.29 is 9.72 Å². The van der Waals surface area contributed by atoms with Gasteiger partial charge in [0.05, 0.1) is 4.92 Å². The number of aryl methyl sites for hydroxylation is 1. The Morgan fingerprint density at radius 1 is 1.19 bits per heavy atom. The minimum atomic E-state index is -0.406. The summed E-state index contributed by atoms with van der Waals surface area (Å²) in [4.78, 5) is 33.6. The molecule has 2 aromatic heterocycles. The van der Waals surface area contributed by atoms with E-state index in [-0.39, 0.29) is 22.9 Å². The Bertz CT molecular complexity index is 1310. The summed E-state index contributed by atoms with van der Waals surface area (Å²) in [6.45, 7) is 1.44. The quantitative estimate of drug-likeness (QED) is 0.288. The maximum absolute atomic E-state index is 12.7. The number of nitrogens with zero attached hydrogens (tertiary/aromatic N) is 4. The van der Waals surface area contributed by atoms with Gasteiger partial charge in [-0.2, -0.15) is 0 Å². The molecule has 1 aliphatic rings. The summed E-state index contributed by atoms with van der Waals surface area (Å²) in [5.74, 6) is 0.336.